The van der Waals surface area contributed by atoms with Crippen LogP contribution in [0.3, 0.4) is 0 Å². The first-order chi connectivity index (χ1) is 19.3. The zero-order chi connectivity index (χ0) is 28.4. The Morgan fingerprint density at radius 1 is 1.10 bits per heavy atom. The minimum absolute atomic E-state index is 0.178. The van der Waals surface area contributed by atoms with Crippen LogP contribution < -0.4 is 14.5 Å². The second-order valence-electron chi connectivity index (χ2n) is 10.3. The molecule has 40 heavy (non-hydrogen) atoms. The van der Waals surface area contributed by atoms with Crippen molar-refractivity contribution in [3.8, 4) is 11.8 Å². The van der Waals surface area contributed by atoms with Crippen molar-refractivity contribution >= 4 is 34.3 Å². The van der Waals surface area contributed by atoms with E-state index in [1.165, 1.54) is 16.9 Å². The fourth-order valence-corrected chi connectivity index (χ4v) is 5.47. The minimum atomic E-state index is -0.708. The number of nitrogens with zero attached hydrogens (tertiary/aromatic N) is 6. The molecule has 2 aliphatic rings. The summed E-state index contributed by atoms with van der Waals surface area (Å²) < 4.78 is 10.9. The third-order valence-corrected chi connectivity index (χ3v) is 7.44. The number of ether oxygens (including phenoxy) is 2. The van der Waals surface area contributed by atoms with E-state index in [4.69, 9.17) is 19.4 Å². The van der Waals surface area contributed by atoms with Crippen LogP contribution in [0.5, 0.6) is 11.8 Å². The van der Waals surface area contributed by atoms with Crippen molar-refractivity contribution in [3.05, 3.63) is 47.7 Å². The van der Waals surface area contributed by atoms with Crippen LogP contribution in [0.15, 0.2) is 36.4 Å². The van der Waals surface area contributed by atoms with Crippen molar-refractivity contribution in [2.45, 2.75) is 32.4 Å². The Morgan fingerprint density at radius 2 is 1.90 bits per heavy atom. The van der Waals surface area contributed by atoms with Gasteiger partial charge in [0.2, 0.25) is 5.91 Å². The van der Waals surface area contributed by atoms with Crippen molar-refractivity contribution in [2.75, 3.05) is 63.8 Å². The lowest BCUT2D eigenvalue weighted by atomic mass is 10.0. The summed E-state index contributed by atoms with van der Waals surface area (Å²) in [6.07, 6.45) is 0.964. The number of aromatic nitrogens is 2. The first-order valence-electron chi connectivity index (χ1n) is 13.6. The SMILES string of the molecule is CCCOc1nc2c(c(N3CCN(C(=O)OC)C(C(=O)N(C)C)C3)n1)CCN(c1cc(O)cc3ccccc13)C2. The van der Waals surface area contributed by atoms with E-state index in [0.717, 1.165) is 40.0 Å². The van der Waals surface area contributed by atoms with Crippen molar-refractivity contribution in [1.82, 2.24) is 19.8 Å². The molecule has 1 saturated heterocycles. The van der Waals surface area contributed by atoms with Gasteiger partial charge in [-0.15, -0.1) is 0 Å². The van der Waals surface area contributed by atoms with Gasteiger partial charge in [0, 0.05) is 63.0 Å². The zero-order valence-electron chi connectivity index (χ0n) is 23.5. The second kappa shape index (κ2) is 11.4. The van der Waals surface area contributed by atoms with Gasteiger partial charge in [0.05, 0.1) is 26.0 Å². The number of amides is 2. The van der Waals surface area contributed by atoms with Crippen molar-refractivity contribution in [3.63, 3.8) is 0 Å². The monoisotopic (exact) mass is 548 g/mol. The summed E-state index contributed by atoms with van der Waals surface area (Å²) in [5.74, 6) is 0.773. The number of benzene rings is 2. The maximum atomic E-state index is 13.1. The zero-order valence-corrected chi connectivity index (χ0v) is 23.5. The molecule has 0 radical (unpaired) electrons. The predicted octanol–water partition coefficient (Wildman–Crippen LogP) is 3.03. The molecule has 1 fully saturated rings. The lowest BCUT2D eigenvalue weighted by Gasteiger charge is -2.42. The molecule has 3 aromatic rings. The maximum Gasteiger partial charge on any atom is 0.410 e. The molecule has 212 valence electrons. The smallest absolute Gasteiger partial charge is 0.410 e. The molecule has 1 atom stereocenters. The van der Waals surface area contributed by atoms with Gasteiger partial charge in [-0.3, -0.25) is 9.69 Å². The summed E-state index contributed by atoms with van der Waals surface area (Å²) >= 11 is 0. The molecule has 1 N–H and O–H groups in total. The number of hydrogen-bond donors (Lipinski definition) is 1. The van der Waals surface area contributed by atoms with E-state index in [-0.39, 0.29) is 18.2 Å². The number of phenolic OH excluding ortho intramolecular Hbond substituents is 1. The third kappa shape index (κ3) is 5.28. The highest BCUT2D eigenvalue weighted by molar-refractivity contribution is 5.95. The number of hydrogen-bond acceptors (Lipinski definition) is 9. The van der Waals surface area contributed by atoms with Crippen LogP contribution in [0.1, 0.15) is 24.6 Å². The summed E-state index contributed by atoms with van der Waals surface area (Å²) in [7, 11) is 4.69. The molecule has 0 aliphatic carbocycles. The van der Waals surface area contributed by atoms with Gasteiger partial charge in [-0.2, -0.15) is 9.97 Å². The number of anilines is 2. The summed E-state index contributed by atoms with van der Waals surface area (Å²) in [6.45, 7) is 4.82. The van der Waals surface area contributed by atoms with Gasteiger partial charge in [0.1, 0.15) is 17.6 Å². The number of rotatable bonds is 6. The Bertz CT molecular complexity index is 1410. The Morgan fingerprint density at radius 3 is 2.65 bits per heavy atom. The highest BCUT2D eigenvalue weighted by Gasteiger charge is 2.39. The molecule has 2 aliphatic heterocycles. The second-order valence-corrected chi connectivity index (χ2v) is 10.3. The van der Waals surface area contributed by atoms with E-state index in [1.807, 2.05) is 25.1 Å². The Balaban J connectivity index is 1.51. The van der Waals surface area contributed by atoms with Crippen molar-refractivity contribution < 1.29 is 24.2 Å². The molecular formula is C29H36N6O5. The van der Waals surface area contributed by atoms with Crippen LogP contribution in [0.2, 0.25) is 0 Å². The minimum Gasteiger partial charge on any atom is -0.508 e. The van der Waals surface area contributed by atoms with Crippen LogP contribution in [0.4, 0.5) is 16.3 Å². The summed E-state index contributed by atoms with van der Waals surface area (Å²) in [4.78, 5) is 42.5. The topological polar surface area (TPSA) is 112 Å². The standard InChI is InChI=1S/C29H36N6O5/c1-5-14-40-28-30-23-17-33(24-16-20(36)15-19-8-6-7-9-21(19)24)11-10-22(23)26(31-28)34-12-13-35(29(38)39-4)25(18-34)27(37)32(2)3/h6-9,15-16,25,36H,5,10-14,17-18H2,1-4H3. The van der Waals surface area contributed by atoms with E-state index < -0.39 is 12.1 Å². The van der Waals surface area contributed by atoms with Crippen LogP contribution in [-0.2, 0) is 22.5 Å². The fourth-order valence-electron chi connectivity index (χ4n) is 5.47. The van der Waals surface area contributed by atoms with Gasteiger partial charge in [-0.05, 0) is 24.3 Å². The first-order valence-corrected chi connectivity index (χ1v) is 13.6. The van der Waals surface area contributed by atoms with E-state index in [0.29, 0.717) is 45.2 Å². The molecule has 3 heterocycles. The van der Waals surface area contributed by atoms with E-state index in [9.17, 15) is 14.7 Å². The average Bonchev–Trinajstić information content (AvgIpc) is 2.97. The number of likely N-dealkylation sites (N-methyl/N-ethyl adjacent to an activating group) is 1. The van der Waals surface area contributed by atoms with E-state index >= 15 is 0 Å². The largest absolute Gasteiger partial charge is 0.508 e. The lowest BCUT2D eigenvalue weighted by Crippen LogP contribution is -2.60. The normalized spacial score (nSPS) is 17.0. The number of fused-ring (bicyclic) bond motifs is 2. The van der Waals surface area contributed by atoms with Gasteiger partial charge in [-0.25, -0.2) is 4.79 Å². The molecule has 2 amide bonds. The van der Waals surface area contributed by atoms with E-state index in [2.05, 4.69) is 15.9 Å². The Kier molecular flexibility index (Phi) is 7.81. The number of methoxy groups -OCH3 is 1. The molecular weight excluding hydrogens is 512 g/mol. The molecule has 2 aromatic carbocycles. The molecule has 11 heteroatoms. The van der Waals surface area contributed by atoms with Crippen LogP contribution in [0, 0.1) is 0 Å². The number of carbonyl (C=O) groups excluding carboxylic acids is 2. The summed E-state index contributed by atoms with van der Waals surface area (Å²) in [5.41, 5.74) is 2.80. The maximum absolute atomic E-state index is 13.1. The van der Waals surface area contributed by atoms with Crippen molar-refractivity contribution in [1.29, 1.82) is 0 Å². The number of aromatic hydroxyl groups is 1. The Hall–Kier alpha value is -4.28. The quantitative estimate of drug-likeness (QED) is 0.497. The molecule has 0 saturated carbocycles. The third-order valence-electron chi connectivity index (χ3n) is 7.44. The van der Waals surface area contributed by atoms with Crippen LogP contribution in [-0.4, -0.2) is 96.9 Å². The molecule has 1 aromatic heterocycles. The highest BCUT2D eigenvalue weighted by Crippen LogP contribution is 2.36. The van der Waals surface area contributed by atoms with Crippen molar-refractivity contribution in [2.24, 2.45) is 0 Å². The highest BCUT2D eigenvalue weighted by atomic mass is 16.5. The number of phenols is 1. The summed E-state index contributed by atoms with van der Waals surface area (Å²) in [5, 5.41) is 12.5. The van der Waals surface area contributed by atoms with Gasteiger partial charge in [-0.1, -0.05) is 31.2 Å². The fraction of sp³-hybridized carbons (Fsp3) is 0.448. The molecule has 1 unspecified atom stereocenters. The molecule has 5 rings (SSSR count). The molecule has 0 bridgehead atoms. The van der Waals surface area contributed by atoms with Crippen LogP contribution >= 0.6 is 0 Å². The predicted molar refractivity (Wildman–Crippen MR) is 152 cm³/mol. The Labute approximate surface area is 233 Å². The van der Waals surface area contributed by atoms with Gasteiger partial charge in [0.15, 0.2) is 0 Å². The first kappa shape index (κ1) is 27.3. The number of carbonyl (C=O) groups is 2. The molecule has 0 spiro atoms. The van der Waals surface area contributed by atoms with Gasteiger partial charge < -0.3 is 29.3 Å². The van der Waals surface area contributed by atoms with Gasteiger partial charge >= 0.3 is 12.1 Å². The lowest BCUT2D eigenvalue weighted by molar-refractivity contribution is -0.134. The van der Waals surface area contributed by atoms with Gasteiger partial charge in [0.25, 0.3) is 0 Å². The molecule has 11 nitrogen and oxygen atoms in total. The van der Waals surface area contributed by atoms with E-state index in [1.54, 1.807) is 26.2 Å². The number of piperazine rings is 1. The summed E-state index contributed by atoms with van der Waals surface area (Å²) in [6, 6.07) is 11.2. The van der Waals surface area contributed by atoms with Crippen LogP contribution in [0.25, 0.3) is 10.8 Å². The average molecular weight is 549 g/mol.